The molecular formula is C21H27N3O. The maximum atomic E-state index is 12.8. The molecule has 0 saturated heterocycles. The zero-order valence-corrected chi connectivity index (χ0v) is 15.3. The summed E-state index contributed by atoms with van der Waals surface area (Å²) in [7, 11) is 0. The summed E-state index contributed by atoms with van der Waals surface area (Å²) < 4.78 is 0. The summed E-state index contributed by atoms with van der Waals surface area (Å²) >= 11 is 0. The molecule has 2 bridgehead atoms. The van der Waals surface area contributed by atoms with Gasteiger partial charge in [-0.2, -0.15) is 0 Å². The second-order valence-electron chi connectivity index (χ2n) is 9.16. The highest BCUT2D eigenvalue weighted by Gasteiger charge is 2.56. The molecule has 25 heavy (non-hydrogen) atoms. The van der Waals surface area contributed by atoms with Crippen LogP contribution in [0.25, 0.3) is 11.0 Å². The molecule has 4 nitrogen and oxygen atoms in total. The van der Waals surface area contributed by atoms with Gasteiger partial charge in [0.2, 0.25) is 0 Å². The fraction of sp³-hybridized carbons (Fsp3) is 0.619. The average Bonchev–Trinajstić information content (AvgIpc) is 3.33. The maximum absolute atomic E-state index is 12.8. The van der Waals surface area contributed by atoms with Gasteiger partial charge in [0, 0.05) is 17.6 Å². The Morgan fingerprint density at radius 1 is 1.32 bits per heavy atom. The maximum Gasteiger partial charge on any atom is 0.267 e. The van der Waals surface area contributed by atoms with Crippen molar-refractivity contribution in [3.05, 3.63) is 29.6 Å². The molecule has 6 rings (SSSR count). The number of fused-ring (bicyclic) bond motifs is 3. The molecule has 132 valence electrons. The lowest BCUT2D eigenvalue weighted by molar-refractivity contribution is -0.113. The number of rotatable bonds is 3. The Kier molecular flexibility index (Phi) is 3.14. The van der Waals surface area contributed by atoms with Crippen LogP contribution >= 0.6 is 0 Å². The Balaban J connectivity index is 1.37. The lowest BCUT2D eigenvalue weighted by Crippen LogP contribution is -2.60. The van der Waals surface area contributed by atoms with E-state index in [0.29, 0.717) is 29.0 Å². The van der Waals surface area contributed by atoms with Crippen LogP contribution in [0, 0.1) is 23.2 Å². The number of hydrogen-bond acceptors (Lipinski definition) is 2. The summed E-state index contributed by atoms with van der Waals surface area (Å²) in [6.45, 7) is 7.09. The number of nitrogens with one attached hydrogen (secondary N) is 2. The van der Waals surface area contributed by atoms with E-state index < -0.39 is 0 Å². The first-order valence-electron chi connectivity index (χ1n) is 9.73. The molecule has 4 heteroatoms. The minimum Gasteiger partial charge on any atom is -0.348 e. The zero-order chi connectivity index (χ0) is 17.3. The summed E-state index contributed by atoms with van der Waals surface area (Å²) in [5.74, 6) is 2.72. The Labute approximate surface area is 148 Å². The van der Waals surface area contributed by atoms with Crippen molar-refractivity contribution in [1.82, 2.24) is 15.3 Å². The number of aromatic nitrogens is 2. The van der Waals surface area contributed by atoms with Gasteiger partial charge in [-0.3, -0.25) is 4.79 Å². The standard InChI is InChI=1S/C21H27N3O/c1-11-16-8-13(21(16,2)3)9-17(11)24-20(25)18-10-15-14(12-4-5-12)6-7-22-19(15)23-18/h6-7,10-13,16-17H,4-5,8-9H2,1-3H3,(H,22,23)(H,24,25)/t11-,13+,16-,17-/m0/s1. The lowest BCUT2D eigenvalue weighted by atomic mass is 9.45. The third-order valence-corrected chi connectivity index (χ3v) is 7.50. The monoisotopic (exact) mass is 337 g/mol. The minimum absolute atomic E-state index is 0.0238. The van der Waals surface area contributed by atoms with Crippen LogP contribution in [0.5, 0.6) is 0 Å². The van der Waals surface area contributed by atoms with E-state index in [1.54, 1.807) is 0 Å². The summed E-state index contributed by atoms with van der Waals surface area (Å²) in [5.41, 5.74) is 3.29. The predicted octanol–water partition coefficient (Wildman–Crippen LogP) is 4.24. The highest BCUT2D eigenvalue weighted by Crippen LogP contribution is 2.61. The SMILES string of the molecule is C[C@@H]1[C@@H](NC(=O)c2cc3c(C4CC4)ccnc3[nH]2)C[C@H]2C[C@@H]1C2(C)C. The second-order valence-corrected chi connectivity index (χ2v) is 9.16. The third-order valence-electron chi connectivity index (χ3n) is 7.50. The number of H-pyrrole nitrogens is 1. The molecule has 2 aromatic rings. The van der Waals surface area contributed by atoms with Gasteiger partial charge in [-0.1, -0.05) is 20.8 Å². The van der Waals surface area contributed by atoms with Gasteiger partial charge in [0.25, 0.3) is 5.91 Å². The number of amides is 1. The quantitative estimate of drug-likeness (QED) is 0.880. The van der Waals surface area contributed by atoms with E-state index in [1.807, 2.05) is 12.3 Å². The molecule has 0 radical (unpaired) electrons. The van der Waals surface area contributed by atoms with Crippen LogP contribution < -0.4 is 5.32 Å². The molecule has 0 aliphatic heterocycles. The molecule has 2 heterocycles. The fourth-order valence-electron chi connectivity index (χ4n) is 5.51. The molecule has 2 aromatic heterocycles. The first-order chi connectivity index (χ1) is 11.9. The number of carbonyl (C=O) groups excluding carboxylic acids is 1. The van der Waals surface area contributed by atoms with E-state index in [2.05, 4.69) is 42.1 Å². The van der Waals surface area contributed by atoms with Crippen LogP contribution in [0.15, 0.2) is 18.3 Å². The number of carbonyl (C=O) groups is 1. The highest BCUT2D eigenvalue weighted by molar-refractivity contribution is 5.98. The Morgan fingerprint density at radius 3 is 2.80 bits per heavy atom. The Bertz CT molecular complexity index is 848. The van der Waals surface area contributed by atoms with Crippen LogP contribution in [-0.2, 0) is 0 Å². The van der Waals surface area contributed by atoms with Crippen LogP contribution in [0.4, 0.5) is 0 Å². The van der Waals surface area contributed by atoms with Crippen molar-refractivity contribution in [2.24, 2.45) is 23.2 Å². The van der Waals surface area contributed by atoms with Crippen molar-refractivity contribution in [2.75, 3.05) is 0 Å². The first kappa shape index (κ1) is 15.4. The number of pyridine rings is 1. The van der Waals surface area contributed by atoms with Crippen LogP contribution in [0.2, 0.25) is 0 Å². The third kappa shape index (κ3) is 2.26. The van der Waals surface area contributed by atoms with Gasteiger partial charge in [0.15, 0.2) is 0 Å². The van der Waals surface area contributed by atoms with Crippen molar-refractivity contribution in [1.29, 1.82) is 0 Å². The van der Waals surface area contributed by atoms with Crippen molar-refractivity contribution < 1.29 is 4.79 Å². The zero-order valence-electron chi connectivity index (χ0n) is 15.3. The molecule has 4 atom stereocenters. The summed E-state index contributed by atoms with van der Waals surface area (Å²) in [6.07, 6.45) is 6.81. The fourth-order valence-corrected chi connectivity index (χ4v) is 5.51. The number of hydrogen-bond donors (Lipinski definition) is 2. The summed E-state index contributed by atoms with van der Waals surface area (Å²) in [6, 6.07) is 4.41. The Hall–Kier alpha value is -1.84. The lowest BCUT2D eigenvalue weighted by Gasteiger charge is -2.62. The van der Waals surface area contributed by atoms with E-state index >= 15 is 0 Å². The molecule has 0 spiro atoms. The van der Waals surface area contributed by atoms with Gasteiger partial charge >= 0.3 is 0 Å². The molecule has 4 aliphatic rings. The largest absolute Gasteiger partial charge is 0.348 e. The molecule has 0 aromatic carbocycles. The first-order valence-corrected chi connectivity index (χ1v) is 9.73. The van der Waals surface area contributed by atoms with Gasteiger partial charge in [-0.15, -0.1) is 0 Å². The van der Waals surface area contributed by atoms with Gasteiger partial charge in [0.1, 0.15) is 11.3 Å². The number of nitrogens with zero attached hydrogens (tertiary/aromatic N) is 1. The summed E-state index contributed by atoms with van der Waals surface area (Å²) in [5, 5.41) is 4.43. The molecule has 1 amide bonds. The second kappa shape index (κ2) is 5.09. The normalized spacial score (nSPS) is 33.1. The summed E-state index contributed by atoms with van der Waals surface area (Å²) in [4.78, 5) is 20.5. The average molecular weight is 337 g/mol. The minimum atomic E-state index is 0.0238. The molecule has 2 N–H and O–H groups in total. The van der Waals surface area contributed by atoms with E-state index in [1.165, 1.54) is 24.8 Å². The molecule has 0 unspecified atom stereocenters. The van der Waals surface area contributed by atoms with E-state index in [0.717, 1.165) is 29.3 Å². The molecule has 4 fully saturated rings. The molecular weight excluding hydrogens is 310 g/mol. The van der Waals surface area contributed by atoms with Crippen molar-refractivity contribution in [2.45, 2.75) is 58.4 Å². The Morgan fingerprint density at radius 2 is 2.12 bits per heavy atom. The van der Waals surface area contributed by atoms with Gasteiger partial charge in [-0.25, -0.2) is 4.98 Å². The van der Waals surface area contributed by atoms with Gasteiger partial charge in [-0.05, 0) is 72.5 Å². The van der Waals surface area contributed by atoms with E-state index in [-0.39, 0.29) is 5.91 Å². The smallest absolute Gasteiger partial charge is 0.267 e. The molecule has 4 saturated carbocycles. The van der Waals surface area contributed by atoms with E-state index in [4.69, 9.17) is 0 Å². The van der Waals surface area contributed by atoms with Crippen LogP contribution in [-0.4, -0.2) is 21.9 Å². The van der Waals surface area contributed by atoms with Crippen molar-refractivity contribution >= 4 is 16.9 Å². The van der Waals surface area contributed by atoms with Gasteiger partial charge < -0.3 is 10.3 Å². The molecule has 4 aliphatic carbocycles. The van der Waals surface area contributed by atoms with Crippen molar-refractivity contribution in [3.63, 3.8) is 0 Å². The highest BCUT2D eigenvalue weighted by atomic mass is 16.1. The number of aromatic amines is 1. The van der Waals surface area contributed by atoms with Crippen molar-refractivity contribution in [3.8, 4) is 0 Å². The van der Waals surface area contributed by atoms with Crippen LogP contribution in [0.1, 0.15) is 68.4 Å². The van der Waals surface area contributed by atoms with Crippen LogP contribution in [0.3, 0.4) is 0 Å². The van der Waals surface area contributed by atoms with E-state index in [9.17, 15) is 4.79 Å². The topological polar surface area (TPSA) is 57.8 Å². The van der Waals surface area contributed by atoms with Gasteiger partial charge in [0.05, 0.1) is 0 Å². The predicted molar refractivity (Wildman–Crippen MR) is 98.5 cm³/mol.